The Balaban J connectivity index is 0.880. The Kier molecular flexibility index (Phi) is 8.56. The van der Waals surface area contributed by atoms with E-state index in [1.165, 1.54) is 38.9 Å². The number of para-hydroxylation sites is 4. The van der Waals surface area contributed by atoms with Crippen molar-refractivity contribution < 1.29 is 8.83 Å². The van der Waals surface area contributed by atoms with Crippen LogP contribution in [0, 0.1) is 0 Å². The zero-order valence-electron chi connectivity index (χ0n) is 36.6. The van der Waals surface area contributed by atoms with E-state index in [-0.39, 0.29) is 5.41 Å². The Morgan fingerprint density at radius 3 is 1.35 bits per heavy atom. The van der Waals surface area contributed by atoms with Crippen molar-refractivity contribution in [3.63, 3.8) is 0 Å². The van der Waals surface area contributed by atoms with Gasteiger partial charge in [0.15, 0.2) is 0 Å². The summed E-state index contributed by atoms with van der Waals surface area (Å²) < 4.78 is 13.4. The molecular weight excluding hydrogens is 803 g/mol. The normalized spacial score (nSPS) is 12.8. The highest BCUT2D eigenvalue weighted by molar-refractivity contribution is 6.13. The largest absolute Gasteiger partial charge is 0.455 e. The van der Waals surface area contributed by atoms with E-state index in [4.69, 9.17) is 8.83 Å². The minimum atomic E-state index is -0.0842. The van der Waals surface area contributed by atoms with Crippen molar-refractivity contribution in [1.29, 1.82) is 0 Å². The first kappa shape index (κ1) is 38.1. The van der Waals surface area contributed by atoms with Gasteiger partial charge < -0.3 is 13.7 Å². The summed E-state index contributed by atoms with van der Waals surface area (Å²) in [6.45, 7) is 4.67. The molecule has 0 unspecified atom stereocenters. The summed E-state index contributed by atoms with van der Waals surface area (Å²) in [6, 6.07) is 80.6. The molecule has 1 aliphatic rings. The van der Waals surface area contributed by atoms with Gasteiger partial charge in [-0.3, -0.25) is 0 Å². The lowest BCUT2D eigenvalue weighted by Crippen LogP contribution is -2.14. The molecule has 2 heterocycles. The number of nitrogens with zero attached hydrogens (tertiary/aromatic N) is 1. The van der Waals surface area contributed by atoms with Crippen molar-refractivity contribution in [2.75, 3.05) is 4.90 Å². The van der Waals surface area contributed by atoms with Gasteiger partial charge in [0.2, 0.25) is 0 Å². The number of anilines is 3. The maximum Gasteiger partial charge on any atom is 0.143 e. The SMILES string of the molecule is CC1(C)c2ccccc2-c2ccc(-c3cccc4c3oc3c(-c5ccc(N(c6ccc(-c7ccccc7)cc6)c6ccc(-c7cccc8c7oc7ccccc78)cc6)cc5)cccc34)cc21. The molecule has 2 aromatic heterocycles. The molecule has 3 nitrogen and oxygen atoms in total. The van der Waals surface area contributed by atoms with Crippen molar-refractivity contribution in [2.45, 2.75) is 19.3 Å². The summed E-state index contributed by atoms with van der Waals surface area (Å²) in [6.07, 6.45) is 0. The molecule has 3 heteroatoms. The molecule has 0 fully saturated rings. The Labute approximate surface area is 383 Å². The second-order valence-corrected chi connectivity index (χ2v) is 18.0. The quantitative estimate of drug-likeness (QED) is 0.160. The van der Waals surface area contributed by atoms with E-state index in [9.17, 15) is 0 Å². The monoisotopic (exact) mass is 845 g/mol. The Hall–Kier alpha value is -8.40. The smallest absolute Gasteiger partial charge is 0.143 e. The van der Waals surface area contributed by atoms with E-state index >= 15 is 0 Å². The first-order valence-corrected chi connectivity index (χ1v) is 22.7. The van der Waals surface area contributed by atoms with Crippen LogP contribution in [0.5, 0.6) is 0 Å². The average Bonchev–Trinajstić information content (AvgIpc) is 4.03. The van der Waals surface area contributed by atoms with Crippen molar-refractivity contribution in [2.24, 2.45) is 0 Å². The van der Waals surface area contributed by atoms with Crippen LogP contribution >= 0.6 is 0 Å². The summed E-state index contributed by atoms with van der Waals surface area (Å²) in [5, 5.41) is 4.49. The second-order valence-electron chi connectivity index (χ2n) is 18.0. The summed E-state index contributed by atoms with van der Waals surface area (Å²) in [5.41, 5.74) is 21.1. The molecular formula is C63H43NO2. The predicted octanol–water partition coefficient (Wildman–Crippen LogP) is 17.9. The van der Waals surface area contributed by atoms with Gasteiger partial charge in [0.1, 0.15) is 22.3 Å². The predicted molar refractivity (Wildman–Crippen MR) is 275 cm³/mol. The average molecular weight is 846 g/mol. The van der Waals surface area contributed by atoms with Crippen molar-refractivity contribution in [3.8, 4) is 55.6 Å². The van der Waals surface area contributed by atoms with Crippen LogP contribution in [-0.4, -0.2) is 0 Å². The third-order valence-electron chi connectivity index (χ3n) is 13.9. The molecule has 0 bridgehead atoms. The van der Waals surface area contributed by atoms with E-state index in [1.807, 2.05) is 12.1 Å². The molecule has 13 rings (SSSR count). The number of fused-ring (bicyclic) bond motifs is 9. The van der Waals surface area contributed by atoms with Gasteiger partial charge in [0, 0.05) is 60.7 Å². The fraction of sp³-hybridized carbons (Fsp3) is 0.0476. The van der Waals surface area contributed by atoms with E-state index in [0.717, 1.165) is 88.8 Å². The minimum Gasteiger partial charge on any atom is -0.455 e. The zero-order valence-corrected chi connectivity index (χ0v) is 36.6. The lowest BCUT2D eigenvalue weighted by atomic mass is 9.81. The molecule has 1 aliphatic carbocycles. The number of hydrogen-bond acceptors (Lipinski definition) is 3. The summed E-state index contributed by atoms with van der Waals surface area (Å²) in [4.78, 5) is 2.33. The zero-order chi connectivity index (χ0) is 43.9. The fourth-order valence-corrected chi connectivity index (χ4v) is 10.6. The van der Waals surface area contributed by atoms with Gasteiger partial charge in [-0.1, -0.05) is 190 Å². The molecule has 66 heavy (non-hydrogen) atoms. The van der Waals surface area contributed by atoms with Gasteiger partial charge >= 0.3 is 0 Å². The van der Waals surface area contributed by atoms with Gasteiger partial charge in [-0.15, -0.1) is 0 Å². The first-order valence-electron chi connectivity index (χ1n) is 22.7. The van der Waals surface area contributed by atoms with Gasteiger partial charge in [-0.05, 0) is 98.6 Å². The van der Waals surface area contributed by atoms with E-state index in [1.54, 1.807) is 0 Å². The van der Waals surface area contributed by atoms with Crippen molar-refractivity contribution in [1.82, 2.24) is 0 Å². The van der Waals surface area contributed by atoms with Gasteiger partial charge in [0.25, 0.3) is 0 Å². The molecule has 312 valence electrons. The van der Waals surface area contributed by atoms with Gasteiger partial charge in [-0.25, -0.2) is 0 Å². The number of benzene rings is 10. The summed E-state index contributed by atoms with van der Waals surface area (Å²) in [7, 11) is 0. The third-order valence-corrected chi connectivity index (χ3v) is 13.9. The summed E-state index contributed by atoms with van der Waals surface area (Å²) in [5.74, 6) is 0. The topological polar surface area (TPSA) is 29.5 Å². The van der Waals surface area contributed by atoms with Crippen molar-refractivity contribution in [3.05, 3.63) is 236 Å². The third kappa shape index (κ3) is 5.97. The molecule has 0 radical (unpaired) electrons. The highest BCUT2D eigenvalue weighted by Gasteiger charge is 2.35. The molecule has 12 aromatic rings. The Bertz CT molecular complexity index is 3820. The van der Waals surface area contributed by atoms with E-state index < -0.39 is 0 Å². The highest BCUT2D eigenvalue weighted by atomic mass is 16.3. The van der Waals surface area contributed by atoms with Gasteiger partial charge in [-0.2, -0.15) is 0 Å². The van der Waals surface area contributed by atoms with Crippen LogP contribution in [0.25, 0.3) is 99.5 Å². The minimum absolute atomic E-state index is 0.0842. The number of hydrogen-bond donors (Lipinski definition) is 0. The maximum absolute atomic E-state index is 7.00. The van der Waals surface area contributed by atoms with Crippen LogP contribution in [0.4, 0.5) is 17.1 Å². The molecule has 0 N–H and O–H groups in total. The van der Waals surface area contributed by atoms with Crippen molar-refractivity contribution >= 4 is 60.9 Å². The molecule has 0 aliphatic heterocycles. The Morgan fingerprint density at radius 1 is 0.303 bits per heavy atom. The molecule has 0 atom stereocenters. The molecule has 0 amide bonds. The molecule has 0 saturated heterocycles. The lowest BCUT2D eigenvalue weighted by molar-refractivity contribution is 0.660. The summed E-state index contributed by atoms with van der Waals surface area (Å²) >= 11 is 0. The van der Waals surface area contributed by atoms with Gasteiger partial charge in [0.05, 0.1) is 0 Å². The highest BCUT2D eigenvalue weighted by Crippen LogP contribution is 2.50. The Morgan fingerprint density at radius 2 is 0.727 bits per heavy atom. The first-order chi connectivity index (χ1) is 32.5. The standard InChI is InChI=1S/C63H43NO2/c1-63(2)57-23-8-6-15-51(57)52-38-31-44(39-58(52)63)50-19-12-22-56-55-21-11-18-49(61(55)66-62(50)56)43-29-36-47(37-30-43)64(45-32-25-41(26-33-45)40-13-4-3-5-14-40)46-34-27-42(28-35-46)48-17-10-20-54-53-16-7-9-24-59(53)65-60(48)54/h3-39H,1-2H3. The van der Waals surface area contributed by atoms with Crippen LogP contribution in [0.2, 0.25) is 0 Å². The van der Waals surface area contributed by atoms with E-state index in [2.05, 4.69) is 231 Å². The molecule has 0 spiro atoms. The second kappa shape index (κ2) is 14.8. The van der Waals surface area contributed by atoms with E-state index in [0.29, 0.717) is 0 Å². The molecule has 0 saturated carbocycles. The molecule has 10 aromatic carbocycles. The van der Waals surface area contributed by atoms with Crippen LogP contribution in [0.15, 0.2) is 233 Å². The van der Waals surface area contributed by atoms with Crippen LogP contribution in [-0.2, 0) is 5.41 Å². The fourth-order valence-electron chi connectivity index (χ4n) is 10.6. The van der Waals surface area contributed by atoms with Crippen LogP contribution in [0.1, 0.15) is 25.0 Å². The van der Waals surface area contributed by atoms with Crippen LogP contribution < -0.4 is 4.90 Å². The lowest BCUT2D eigenvalue weighted by Gasteiger charge is -2.26. The number of rotatable bonds is 7. The number of furan rings is 2. The maximum atomic E-state index is 7.00. The van der Waals surface area contributed by atoms with Crippen LogP contribution in [0.3, 0.4) is 0 Å².